The Morgan fingerprint density at radius 2 is 1.86 bits per heavy atom. The highest BCUT2D eigenvalue weighted by molar-refractivity contribution is 14.0. The number of rotatable bonds is 4. The van der Waals surface area contributed by atoms with Crippen molar-refractivity contribution in [3.05, 3.63) is 0 Å². The number of hydrogen-bond donors (Lipinski definition) is 2. The number of carbonyl (C=O) groups excluding carboxylic acids is 1. The van der Waals surface area contributed by atoms with Gasteiger partial charge in [0.15, 0.2) is 5.96 Å². The van der Waals surface area contributed by atoms with Crippen LogP contribution < -0.4 is 10.6 Å². The maximum Gasteiger partial charge on any atom is 0.225 e. The second-order valence-corrected chi connectivity index (χ2v) is 9.91. The number of likely N-dealkylation sites (tertiary alicyclic amines) is 1. The van der Waals surface area contributed by atoms with Gasteiger partial charge in [-0.3, -0.25) is 9.79 Å². The molecule has 0 radical (unpaired) electrons. The Labute approximate surface area is 194 Å². The normalized spacial score (nSPS) is 28.9. The third-order valence-corrected chi connectivity index (χ3v) is 6.60. The largest absolute Gasteiger partial charge is 0.377 e. The average molecular weight is 521 g/mol. The van der Waals surface area contributed by atoms with E-state index in [-0.39, 0.29) is 47.5 Å². The smallest absolute Gasteiger partial charge is 0.225 e. The van der Waals surface area contributed by atoms with Gasteiger partial charge in [-0.25, -0.2) is 0 Å². The van der Waals surface area contributed by atoms with Gasteiger partial charge in [0.2, 0.25) is 5.91 Å². The summed E-state index contributed by atoms with van der Waals surface area (Å²) in [5.41, 5.74) is 0.149. The molecular weight excluding hydrogens is 479 g/mol. The summed E-state index contributed by atoms with van der Waals surface area (Å²) in [6.07, 6.45) is 8.18. The van der Waals surface area contributed by atoms with Crippen molar-refractivity contribution in [1.82, 2.24) is 15.5 Å². The summed E-state index contributed by atoms with van der Waals surface area (Å²) < 4.78 is 6.10. The van der Waals surface area contributed by atoms with E-state index in [1.165, 1.54) is 19.3 Å². The monoisotopic (exact) mass is 520 g/mol. The molecule has 3 rings (SSSR count). The number of hydrogen-bond acceptors (Lipinski definition) is 3. The molecule has 3 aliphatic rings. The number of amides is 1. The predicted molar refractivity (Wildman–Crippen MR) is 129 cm³/mol. The summed E-state index contributed by atoms with van der Waals surface area (Å²) in [7, 11) is 1.82. The van der Waals surface area contributed by atoms with Gasteiger partial charge in [-0.2, -0.15) is 0 Å². The Balaban J connectivity index is 0.00000300. The zero-order valence-electron chi connectivity index (χ0n) is 18.7. The summed E-state index contributed by atoms with van der Waals surface area (Å²) in [4.78, 5) is 19.1. The first kappa shape index (κ1) is 24.7. The standard InChI is InChI=1S/C22H40N4O2.HI/c1-22(2,3)19-17(10-7-13-28-19)14-24-21(23-4)25-18-11-12-26(15-18)20(27)16-8-5-6-9-16;/h16-19H,5-15H2,1-4H3,(H2,23,24,25);1H. The topological polar surface area (TPSA) is 66.0 Å². The maximum atomic E-state index is 12.6. The molecule has 7 heteroatoms. The van der Waals surface area contributed by atoms with Crippen LogP contribution in [0.3, 0.4) is 0 Å². The van der Waals surface area contributed by atoms with Crippen LogP contribution >= 0.6 is 24.0 Å². The van der Waals surface area contributed by atoms with Gasteiger partial charge in [-0.15, -0.1) is 24.0 Å². The van der Waals surface area contributed by atoms with E-state index in [4.69, 9.17) is 4.74 Å². The second-order valence-electron chi connectivity index (χ2n) is 9.91. The molecule has 2 saturated heterocycles. The zero-order chi connectivity index (χ0) is 20.1. The Kier molecular flexibility index (Phi) is 9.51. The minimum absolute atomic E-state index is 0. The number of halogens is 1. The first-order chi connectivity index (χ1) is 13.4. The lowest BCUT2D eigenvalue weighted by Gasteiger charge is -2.40. The number of guanidine groups is 1. The van der Waals surface area contributed by atoms with Crippen LogP contribution in [0.2, 0.25) is 0 Å². The van der Waals surface area contributed by atoms with Gasteiger partial charge in [0.25, 0.3) is 0 Å². The summed E-state index contributed by atoms with van der Waals surface area (Å²) in [5.74, 6) is 1.99. The van der Waals surface area contributed by atoms with Gasteiger partial charge in [0.1, 0.15) is 0 Å². The van der Waals surface area contributed by atoms with Crippen molar-refractivity contribution in [3.63, 3.8) is 0 Å². The lowest BCUT2D eigenvalue weighted by atomic mass is 9.78. The molecule has 1 amide bonds. The summed E-state index contributed by atoms with van der Waals surface area (Å²) in [5, 5.41) is 7.06. The van der Waals surface area contributed by atoms with Crippen LogP contribution in [0.1, 0.15) is 65.7 Å². The Morgan fingerprint density at radius 3 is 2.52 bits per heavy atom. The van der Waals surface area contributed by atoms with Crippen LogP contribution in [0.4, 0.5) is 0 Å². The summed E-state index contributed by atoms with van der Waals surface area (Å²) >= 11 is 0. The van der Waals surface area contributed by atoms with Crippen molar-refractivity contribution >= 4 is 35.8 Å². The number of nitrogens with zero attached hydrogens (tertiary/aromatic N) is 2. The summed E-state index contributed by atoms with van der Waals surface area (Å²) in [6, 6.07) is 0.289. The van der Waals surface area contributed by atoms with Crippen LogP contribution in [0, 0.1) is 17.3 Å². The van der Waals surface area contributed by atoms with Crippen molar-refractivity contribution in [3.8, 4) is 0 Å². The lowest BCUT2D eigenvalue weighted by Crippen LogP contribution is -2.50. The zero-order valence-corrected chi connectivity index (χ0v) is 21.0. The van der Waals surface area contributed by atoms with E-state index in [1.54, 1.807) is 0 Å². The highest BCUT2D eigenvalue weighted by Gasteiger charge is 2.36. The Bertz CT molecular complexity index is 558. The minimum Gasteiger partial charge on any atom is -0.377 e. The molecule has 3 atom stereocenters. The molecule has 6 nitrogen and oxygen atoms in total. The molecule has 0 aromatic heterocycles. The van der Waals surface area contributed by atoms with Crippen molar-refractivity contribution in [2.24, 2.45) is 22.2 Å². The third kappa shape index (κ3) is 6.71. The van der Waals surface area contributed by atoms with Gasteiger partial charge in [0.05, 0.1) is 6.10 Å². The summed E-state index contributed by atoms with van der Waals surface area (Å²) in [6.45, 7) is 10.2. The van der Waals surface area contributed by atoms with E-state index in [2.05, 4.69) is 41.3 Å². The van der Waals surface area contributed by atoms with Crippen molar-refractivity contribution < 1.29 is 9.53 Å². The molecule has 2 N–H and O–H groups in total. The van der Waals surface area contributed by atoms with E-state index in [9.17, 15) is 4.79 Å². The fraction of sp³-hybridized carbons (Fsp3) is 0.909. The van der Waals surface area contributed by atoms with Crippen LogP contribution in [0.25, 0.3) is 0 Å². The number of nitrogens with one attached hydrogen (secondary N) is 2. The van der Waals surface area contributed by atoms with Crippen molar-refractivity contribution in [2.75, 3.05) is 33.3 Å². The first-order valence-corrected chi connectivity index (χ1v) is 11.3. The number of carbonyl (C=O) groups is 1. The molecule has 3 fully saturated rings. The molecule has 0 aromatic rings. The second kappa shape index (κ2) is 11.2. The molecule has 2 heterocycles. The lowest BCUT2D eigenvalue weighted by molar-refractivity contribution is -0.134. The molecular formula is C22H41IN4O2. The van der Waals surface area contributed by atoms with Gasteiger partial charge in [0, 0.05) is 51.2 Å². The van der Waals surface area contributed by atoms with Crippen LogP contribution in [-0.2, 0) is 9.53 Å². The molecule has 0 bridgehead atoms. The molecule has 1 saturated carbocycles. The fourth-order valence-corrected chi connectivity index (χ4v) is 5.13. The molecule has 168 valence electrons. The Hall–Kier alpha value is -0.570. The maximum absolute atomic E-state index is 12.6. The van der Waals surface area contributed by atoms with E-state index >= 15 is 0 Å². The molecule has 29 heavy (non-hydrogen) atoms. The van der Waals surface area contributed by atoms with Crippen LogP contribution in [-0.4, -0.2) is 62.2 Å². The van der Waals surface area contributed by atoms with Crippen LogP contribution in [0.5, 0.6) is 0 Å². The van der Waals surface area contributed by atoms with E-state index in [0.29, 0.717) is 11.8 Å². The number of aliphatic imine (C=N–C) groups is 1. The molecule has 3 unspecified atom stereocenters. The number of ether oxygens (including phenoxy) is 1. The van der Waals surface area contributed by atoms with Gasteiger partial charge in [-0.05, 0) is 37.5 Å². The van der Waals surface area contributed by atoms with Gasteiger partial charge < -0.3 is 20.3 Å². The quantitative estimate of drug-likeness (QED) is 0.339. The van der Waals surface area contributed by atoms with E-state index in [1.807, 2.05) is 7.05 Å². The highest BCUT2D eigenvalue weighted by atomic mass is 127. The fourth-order valence-electron chi connectivity index (χ4n) is 5.13. The molecule has 2 aliphatic heterocycles. The molecule has 0 spiro atoms. The minimum atomic E-state index is 0. The highest BCUT2D eigenvalue weighted by Crippen LogP contribution is 2.33. The average Bonchev–Trinajstić information content (AvgIpc) is 3.36. The van der Waals surface area contributed by atoms with Gasteiger partial charge in [-0.1, -0.05) is 33.6 Å². The molecule has 0 aromatic carbocycles. The van der Waals surface area contributed by atoms with Gasteiger partial charge >= 0.3 is 0 Å². The van der Waals surface area contributed by atoms with Crippen molar-refractivity contribution in [2.45, 2.75) is 77.9 Å². The SMILES string of the molecule is CN=C(NCC1CCCOC1C(C)(C)C)NC1CCN(C(=O)C2CCCC2)C1.I. The van der Waals surface area contributed by atoms with E-state index < -0.39 is 0 Å². The van der Waals surface area contributed by atoms with E-state index in [0.717, 1.165) is 57.9 Å². The first-order valence-electron chi connectivity index (χ1n) is 11.3. The van der Waals surface area contributed by atoms with Crippen molar-refractivity contribution in [1.29, 1.82) is 0 Å². The predicted octanol–water partition coefficient (Wildman–Crippen LogP) is 3.40. The Morgan fingerprint density at radius 1 is 1.14 bits per heavy atom. The third-order valence-electron chi connectivity index (χ3n) is 6.60. The molecule has 1 aliphatic carbocycles. The van der Waals surface area contributed by atoms with Crippen LogP contribution in [0.15, 0.2) is 4.99 Å².